The molecule has 1 aliphatic heterocycles. The second-order valence-corrected chi connectivity index (χ2v) is 10.1. The zero-order valence-electron chi connectivity index (χ0n) is 20.2. The first kappa shape index (κ1) is 26.6. The van der Waals surface area contributed by atoms with Crippen molar-refractivity contribution in [2.24, 2.45) is 0 Å². The van der Waals surface area contributed by atoms with Crippen molar-refractivity contribution in [1.29, 1.82) is 5.26 Å². The number of hydrogen-bond acceptors (Lipinski definition) is 6. The van der Waals surface area contributed by atoms with Gasteiger partial charge in [-0.1, -0.05) is 20.8 Å². The second-order valence-electron chi connectivity index (χ2n) is 10.1. The monoisotopic (exact) mass is 475 g/mol. The number of fused-ring (bicyclic) bond motifs is 1. The van der Waals surface area contributed by atoms with Gasteiger partial charge in [-0.15, -0.1) is 12.4 Å². The fourth-order valence-electron chi connectivity index (χ4n) is 3.71. The second kappa shape index (κ2) is 10.1. The van der Waals surface area contributed by atoms with Gasteiger partial charge in [-0.25, -0.2) is 9.50 Å². The molecule has 1 fully saturated rings. The summed E-state index contributed by atoms with van der Waals surface area (Å²) in [7, 11) is 0. The van der Waals surface area contributed by atoms with Crippen LogP contribution in [0.5, 0.6) is 0 Å². The number of carbonyl (C=O) groups excluding carboxylic acids is 2. The van der Waals surface area contributed by atoms with Crippen molar-refractivity contribution in [3.63, 3.8) is 0 Å². The summed E-state index contributed by atoms with van der Waals surface area (Å²) in [6.07, 6.45) is 3.16. The summed E-state index contributed by atoms with van der Waals surface area (Å²) < 4.78 is 1.71. The summed E-state index contributed by atoms with van der Waals surface area (Å²) in [5.41, 5.74) is 2.18. The molecule has 0 aliphatic carbocycles. The number of aryl methyl sites for hydroxylation is 1. The average molecular weight is 476 g/mol. The van der Waals surface area contributed by atoms with E-state index in [0.29, 0.717) is 24.3 Å². The Labute approximate surface area is 201 Å². The third-order valence-corrected chi connectivity index (χ3v) is 5.87. The highest BCUT2D eigenvalue weighted by molar-refractivity contribution is 5.95. The number of likely N-dealkylation sites (tertiary alicyclic amines) is 1. The van der Waals surface area contributed by atoms with E-state index in [1.807, 2.05) is 26.8 Å². The Morgan fingerprint density at radius 2 is 1.97 bits per heavy atom. The molecular weight excluding hydrogens is 442 g/mol. The van der Waals surface area contributed by atoms with E-state index < -0.39 is 5.54 Å². The minimum Gasteiger partial charge on any atom is -0.350 e. The molecule has 0 bridgehead atoms. The molecule has 2 aromatic rings. The van der Waals surface area contributed by atoms with Gasteiger partial charge in [-0.05, 0) is 33.6 Å². The van der Waals surface area contributed by atoms with Crippen LogP contribution in [0.15, 0.2) is 12.3 Å². The van der Waals surface area contributed by atoms with Crippen LogP contribution in [0.2, 0.25) is 0 Å². The average Bonchev–Trinajstić information content (AvgIpc) is 3.37. The summed E-state index contributed by atoms with van der Waals surface area (Å²) in [5.74, 6) is -0.331. The lowest BCUT2D eigenvalue weighted by Gasteiger charge is -2.28. The van der Waals surface area contributed by atoms with E-state index in [9.17, 15) is 14.9 Å². The molecule has 0 unspecified atom stereocenters. The van der Waals surface area contributed by atoms with Crippen molar-refractivity contribution < 1.29 is 9.59 Å². The SMILES string of the molecule is Cc1c(C(=O)NCC(C)(C)NCC(=O)N2CCC[C@H]2C#N)cnc2cc(C(C)(C)C)nn12.Cl. The van der Waals surface area contributed by atoms with Gasteiger partial charge < -0.3 is 15.5 Å². The molecule has 0 aromatic carbocycles. The number of nitrogens with zero attached hydrogens (tertiary/aromatic N) is 5. The fraction of sp³-hybridized carbons (Fsp3) is 0.609. The zero-order chi connectivity index (χ0) is 23.7. The molecule has 2 aromatic heterocycles. The normalized spacial score (nSPS) is 16.4. The Kier molecular flexibility index (Phi) is 8.09. The summed E-state index contributed by atoms with van der Waals surface area (Å²) in [4.78, 5) is 31.4. The first-order valence-electron chi connectivity index (χ1n) is 11.0. The predicted octanol–water partition coefficient (Wildman–Crippen LogP) is 2.37. The Morgan fingerprint density at radius 1 is 1.27 bits per heavy atom. The standard InChI is InChI=1S/C23H33N7O2.ClH/c1-15-17(12-25-19-10-18(22(2,3)4)28-30(15)19)21(32)26-14-23(5,6)27-13-20(31)29-9-7-8-16(29)11-24;/h10,12,16,27H,7-9,13-14H2,1-6H3,(H,26,32);1H/t16-;/m0./s1. The smallest absolute Gasteiger partial charge is 0.254 e. The third kappa shape index (κ3) is 6.01. The van der Waals surface area contributed by atoms with Crippen LogP contribution in [0.25, 0.3) is 5.65 Å². The molecule has 0 radical (unpaired) electrons. The quantitative estimate of drug-likeness (QED) is 0.662. The van der Waals surface area contributed by atoms with Crippen LogP contribution in [-0.2, 0) is 10.2 Å². The van der Waals surface area contributed by atoms with E-state index in [1.165, 1.54) is 0 Å². The predicted molar refractivity (Wildman–Crippen MR) is 128 cm³/mol. The van der Waals surface area contributed by atoms with E-state index in [0.717, 1.165) is 24.2 Å². The molecule has 1 saturated heterocycles. The van der Waals surface area contributed by atoms with Gasteiger partial charge in [0, 0.05) is 36.3 Å². The number of amides is 2. The largest absolute Gasteiger partial charge is 0.350 e. The molecule has 0 spiro atoms. The maximum Gasteiger partial charge on any atom is 0.254 e. The lowest BCUT2D eigenvalue weighted by Crippen LogP contribution is -2.52. The van der Waals surface area contributed by atoms with E-state index in [1.54, 1.807) is 15.6 Å². The maximum atomic E-state index is 12.9. The van der Waals surface area contributed by atoms with Crippen LogP contribution < -0.4 is 10.6 Å². The van der Waals surface area contributed by atoms with Gasteiger partial charge in [0.15, 0.2) is 5.65 Å². The molecule has 9 nitrogen and oxygen atoms in total. The van der Waals surface area contributed by atoms with Crippen LogP contribution in [0.4, 0.5) is 0 Å². The van der Waals surface area contributed by atoms with E-state index in [2.05, 4.69) is 47.6 Å². The highest BCUT2D eigenvalue weighted by Crippen LogP contribution is 2.22. The Morgan fingerprint density at radius 3 is 2.61 bits per heavy atom. The van der Waals surface area contributed by atoms with Crippen LogP contribution in [0.3, 0.4) is 0 Å². The Bertz CT molecular complexity index is 1070. The van der Waals surface area contributed by atoms with Crippen LogP contribution in [-0.4, -0.2) is 62.5 Å². The van der Waals surface area contributed by atoms with E-state index >= 15 is 0 Å². The van der Waals surface area contributed by atoms with Gasteiger partial charge in [-0.3, -0.25) is 9.59 Å². The summed E-state index contributed by atoms with van der Waals surface area (Å²) >= 11 is 0. The Hall–Kier alpha value is -2.70. The van der Waals surface area contributed by atoms with Crippen LogP contribution >= 0.6 is 12.4 Å². The van der Waals surface area contributed by atoms with Gasteiger partial charge >= 0.3 is 0 Å². The molecule has 2 N–H and O–H groups in total. The number of carbonyl (C=O) groups is 2. The summed E-state index contributed by atoms with van der Waals surface area (Å²) in [6, 6.07) is 3.79. The number of halogens is 1. The first-order chi connectivity index (χ1) is 14.9. The molecule has 1 aliphatic rings. The number of aromatic nitrogens is 3. The first-order valence-corrected chi connectivity index (χ1v) is 11.0. The number of nitriles is 1. The third-order valence-electron chi connectivity index (χ3n) is 5.87. The van der Waals surface area contributed by atoms with Crippen molar-refractivity contribution in [3.8, 4) is 6.07 Å². The van der Waals surface area contributed by atoms with Crippen LogP contribution in [0.1, 0.15) is 69.2 Å². The van der Waals surface area contributed by atoms with Crippen molar-refractivity contribution in [2.75, 3.05) is 19.6 Å². The number of rotatable bonds is 6. The molecule has 33 heavy (non-hydrogen) atoms. The number of nitrogens with one attached hydrogen (secondary N) is 2. The zero-order valence-corrected chi connectivity index (χ0v) is 21.0. The Balaban J connectivity index is 0.00000385. The van der Waals surface area contributed by atoms with E-state index in [4.69, 9.17) is 0 Å². The minimum absolute atomic E-state index is 0. The molecule has 10 heteroatoms. The fourth-order valence-corrected chi connectivity index (χ4v) is 3.71. The summed E-state index contributed by atoms with van der Waals surface area (Å²) in [6.45, 7) is 13.0. The molecule has 3 heterocycles. The summed E-state index contributed by atoms with van der Waals surface area (Å²) in [5, 5.41) is 19.9. The lowest BCUT2D eigenvalue weighted by atomic mass is 9.93. The molecule has 180 valence electrons. The lowest BCUT2D eigenvalue weighted by molar-refractivity contribution is -0.130. The maximum absolute atomic E-state index is 12.9. The molecule has 2 amide bonds. The van der Waals surface area contributed by atoms with Crippen LogP contribution in [0, 0.1) is 18.3 Å². The highest BCUT2D eigenvalue weighted by Gasteiger charge is 2.30. The van der Waals surface area contributed by atoms with Gasteiger partial charge in [0.25, 0.3) is 5.91 Å². The van der Waals surface area contributed by atoms with Gasteiger partial charge in [0.05, 0.1) is 29.6 Å². The van der Waals surface area contributed by atoms with Crippen molar-refractivity contribution in [3.05, 3.63) is 29.2 Å². The van der Waals surface area contributed by atoms with Gasteiger partial charge in [0.2, 0.25) is 5.91 Å². The van der Waals surface area contributed by atoms with Crippen molar-refractivity contribution in [1.82, 2.24) is 30.1 Å². The highest BCUT2D eigenvalue weighted by atomic mass is 35.5. The molecule has 0 saturated carbocycles. The molecule has 1 atom stereocenters. The van der Waals surface area contributed by atoms with Crippen molar-refractivity contribution >= 4 is 29.9 Å². The van der Waals surface area contributed by atoms with E-state index in [-0.39, 0.29) is 42.2 Å². The minimum atomic E-state index is -0.510. The molecule has 3 rings (SSSR count). The van der Waals surface area contributed by atoms with Gasteiger partial charge in [-0.2, -0.15) is 10.4 Å². The number of hydrogen-bond donors (Lipinski definition) is 2. The van der Waals surface area contributed by atoms with Gasteiger partial charge in [0.1, 0.15) is 6.04 Å². The van der Waals surface area contributed by atoms with Crippen molar-refractivity contribution in [2.45, 2.75) is 71.4 Å². The molecular formula is C23H34ClN7O2. The topological polar surface area (TPSA) is 115 Å².